The highest BCUT2D eigenvalue weighted by Crippen LogP contribution is 2.31. The van der Waals surface area contributed by atoms with Crippen LogP contribution in [0, 0.1) is 0 Å². The molecule has 0 aliphatic heterocycles. The second kappa shape index (κ2) is 5.53. The van der Waals surface area contributed by atoms with Gasteiger partial charge in [0.15, 0.2) is 0 Å². The molecule has 102 valence electrons. The first-order valence-corrected chi connectivity index (χ1v) is 7.66. The van der Waals surface area contributed by atoms with E-state index in [0.717, 1.165) is 4.88 Å². The normalized spacial score (nSPS) is 10.7. The Bertz CT molecular complexity index is 765. The molecule has 1 amide bonds. The van der Waals surface area contributed by atoms with Crippen molar-refractivity contribution >= 4 is 57.8 Å². The Morgan fingerprint density at radius 2 is 1.85 bits per heavy atom. The minimum absolute atomic E-state index is 0.0269. The van der Waals surface area contributed by atoms with Crippen molar-refractivity contribution in [2.24, 2.45) is 0 Å². The third-order valence-corrected chi connectivity index (χ3v) is 4.68. The maximum atomic E-state index is 11.9. The van der Waals surface area contributed by atoms with Gasteiger partial charge in [-0.3, -0.25) is 10.1 Å². The van der Waals surface area contributed by atoms with E-state index >= 15 is 0 Å². The Morgan fingerprint density at radius 1 is 1.10 bits per heavy atom. The Hall–Kier alpha value is -1.41. The van der Waals surface area contributed by atoms with Gasteiger partial charge in [-0.2, -0.15) is 0 Å². The number of anilines is 1. The molecule has 5 nitrogen and oxygen atoms in total. The van der Waals surface area contributed by atoms with Crippen molar-refractivity contribution < 1.29 is 9.21 Å². The summed E-state index contributed by atoms with van der Waals surface area (Å²) in [6, 6.07) is 6.80. The van der Waals surface area contributed by atoms with Gasteiger partial charge in [0.1, 0.15) is 0 Å². The Kier molecular flexibility index (Phi) is 3.75. The van der Waals surface area contributed by atoms with Crippen molar-refractivity contribution in [3.63, 3.8) is 0 Å². The predicted molar refractivity (Wildman–Crippen MR) is 79.9 cm³/mol. The number of amides is 1. The smallest absolute Gasteiger partial charge is 0.322 e. The van der Waals surface area contributed by atoms with Crippen LogP contribution in [0.1, 0.15) is 9.67 Å². The number of carbonyl (C=O) groups is 1. The molecule has 0 bridgehead atoms. The molecule has 1 N–H and O–H groups in total. The van der Waals surface area contributed by atoms with Crippen LogP contribution >= 0.6 is 45.9 Å². The summed E-state index contributed by atoms with van der Waals surface area (Å²) < 4.78 is 6.51. The number of hydrogen-bond acceptors (Lipinski definition) is 6. The first-order valence-electron chi connectivity index (χ1n) is 5.28. The van der Waals surface area contributed by atoms with Gasteiger partial charge in [0.05, 0.1) is 18.4 Å². The minimum Gasteiger partial charge on any atom is -0.402 e. The molecule has 0 saturated heterocycles. The van der Waals surface area contributed by atoms with Crippen molar-refractivity contribution in [3.8, 4) is 10.8 Å². The summed E-state index contributed by atoms with van der Waals surface area (Å²) in [6.45, 7) is 0. The zero-order chi connectivity index (χ0) is 14.1. The zero-order valence-corrected chi connectivity index (χ0v) is 12.7. The monoisotopic (exact) mass is 345 g/mol. The first-order chi connectivity index (χ1) is 9.61. The molecule has 0 atom stereocenters. The lowest BCUT2D eigenvalue weighted by Crippen LogP contribution is -2.10. The Morgan fingerprint density at radius 3 is 2.50 bits per heavy atom. The van der Waals surface area contributed by atoms with E-state index in [1.54, 1.807) is 24.3 Å². The van der Waals surface area contributed by atoms with E-state index in [2.05, 4.69) is 15.5 Å². The van der Waals surface area contributed by atoms with E-state index in [-0.39, 0.29) is 11.9 Å². The number of nitrogens with zero attached hydrogens (tertiary/aromatic N) is 2. The van der Waals surface area contributed by atoms with Crippen LogP contribution in [-0.2, 0) is 0 Å². The zero-order valence-electron chi connectivity index (χ0n) is 9.59. The average molecular weight is 346 g/mol. The molecule has 0 saturated carbocycles. The summed E-state index contributed by atoms with van der Waals surface area (Å²) in [5.74, 6) is -0.0391. The Labute approximate surface area is 131 Å². The Balaban J connectivity index is 1.76. The van der Waals surface area contributed by atoms with Crippen LogP contribution in [0.4, 0.5) is 6.01 Å². The second-order valence-corrected chi connectivity index (χ2v) is 7.00. The third-order valence-electron chi connectivity index (χ3n) is 2.23. The molecule has 3 rings (SSSR count). The highest BCUT2D eigenvalue weighted by atomic mass is 35.5. The van der Waals surface area contributed by atoms with Gasteiger partial charge in [-0.15, -0.1) is 27.8 Å². The van der Waals surface area contributed by atoms with E-state index in [1.165, 1.54) is 22.7 Å². The lowest BCUT2D eigenvalue weighted by Gasteiger charge is -1.95. The van der Waals surface area contributed by atoms with Crippen LogP contribution in [0.3, 0.4) is 0 Å². The highest BCUT2D eigenvalue weighted by molar-refractivity contribution is 7.19. The minimum atomic E-state index is -0.346. The molecule has 0 spiro atoms. The molecule has 3 aromatic heterocycles. The molecule has 0 unspecified atom stereocenters. The van der Waals surface area contributed by atoms with Gasteiger partial charge in [0, 0.05) is 0 Å². The largest absolute Gasteiger partial charge is 0.402 e. The van der Waals surface area contributed by atoms with Gasteiger partial charge < -0.3 is 4.42 Å². The van der Waals surface area contributed by atoms with Crippen LogP contribution in [0.25, 0.3) is 10.8 Å². The fourth-order valence-corrected chi connectivity index (χ4v) is 3.30. The van der Waals surface area contributed by atoms with Gasteiger partial charge >= 0.3 is 6.01 Å². The van der Waals surface area contributed by atoms with Crippen LogP contribution in [0.5, 0.6) is 0 Å². The maximum Gasteiger partial charge on any atom is 0.322 e. The van der Waals surface area contributed by atoms with E-state index in [0.29, 0.717) is 19.4 Å². The second-order valence-electron chi connectivity index (χ2n) is 3.57. The van der Waals surface area contributed by atoms with Gasteiger partial charge in [-0.1, -0.05) is 28.3 Å². The maximum absolute atomic E-state index is 11.9. The molecule has 0 aromatic carbocycles. The van der Waals surface area contributed by atoms with Gasteiger partial charge in [-0.25, -0.2) is 0 Å². The number of carbonyl (C=O) groups excluding carboxylic acids is 1. The summed E-state index contributed by atoms with van der Waals surface area (Å²) >= 11 is 14.1. The number of hydrogen-bond donors (Lipinski definition) is 1. The van der Waals surface area contributed by atoms with Crippen molar-refractivity contribution in [3.05, 3.63) is 37.8 Å². The highest BCUT2D eigenvalue weighted by Gasteiger charge is 2.15. The summed E-state index contributed by atoms with van der Waals surface area (Å²) in [5, 5.41) is 10.1. The molecule has 3 aromatic rings. The third kappa shape index (κ3) is 2.85. The average Bonchev–Trinajstić information content (AvgIpc) is 3.10. The number of aromatic nitrogens is 2. The molecule has 0 aliphatic rings. The van der Waals surface area contributed by atoms with E-state index in [1.807, 2.05) is 0 Å². The number of halogens is 2. The molecule has 3 heterocycles. The topological polar surface area (TPSA) is 68.0 Å². The first kappa shape index (κ1) is 13.6. The van der Waals surface area contributed by atoms with Crippen LogP contribution in [0.2, 0.25) is 8.67 Å². The lowest BCUT2D eigenvalue weighted by molar-refractivity contribution is 0.102. The molecule has 20 heavy (non-hydrogen) atoms. The summed E-state index contributed by atoms with van der Waals surface area (Å²) in [7, 11) is 0. The molecule has 9 heteroatoms. The van der Waals surface area contributed by atoms with Crippen molar-refractivity contribution in [1.29, 1.82) is 0 Å². The van der Waals surface area contributed by atoms with Crippen molar-refractivity contribution in [2.45, 2.75) is 0 Å². The SMILES string of the molecule is O=C(Nc1nnc(-c2ccc(Cl)s2)o1)c1ccc(Cl)s1. The molecule has 0 fully saturated rings. The molecule has 0 aliphatic carbocycles. The summed E-state index contributed by atoms with van der Waals surface area (Å²) in [4.78, 5) is 13.1. The predicted octanol–water partition coefficient (Wildman–Crippen LogP) is 4.42. The quantitative estimate of drug-likeness (QED) is 0.762. The molecular weight excluding hydrogens is 341 g/mol. The standard InChI is InChI=1S/C11H5Cl2N3O2S2/c12-7-3-1-5(19-7)9(17)14-11-16-15-10(18-11)6-2-4-8(13)20-6/h1-4H,(H,14,16,17). The molecular formula is C11H5Cl2N3O2S2. The number of rotatable bonds is 3. The number of nitrogens with one attached hydrogen (secondary N) is 1. The lowest BCUT2D eigenvalue weighted by atomic mass is 10.4. The molecule has 0 radical (unpaired) electrons. The van der Waals surface area contributed by atoms with Gasteiger partial charge in [0.2, 0.25) is 0 Å². The van der Waals surface area contributed by atoms with E-state index in [4.69, 9.17) is 27.6 Å². The van der Waals surface area contributed by atoms with Crippen molar-refractivity contribution in [1.82, 2.24) is 10.2 Å². The number of thiophene rings is 2. The summed E-state index contributed by atoms with van der Waals surface area (Å²) in [6.07, 6.45) is 0. The van der Waals surface area contributed by atoms with Crippen LogP contribution < -0.4 is 5.32 Å². The summed E-state index contributed by atoms with van der Waals surface area (Å²) in [5.41, 5.74) is 0. The van der Waals surface area contributed by atoms with Crippen LogP contribution in [-0.4, -0.2) is 16.1 Å². The fraction of sp³-hybridized carbons (Fsp3) is 0. The van der Waals surface area contributed by atoms with E-state index in [9.17, 15) is 4.79 Å². The van der Waals surface area contributed by atoms with Crippen LogP contribution in [0.15, 0.2) is 28.7 Å². The van der Waals surface area contributed by atoms with Gasteiger partial charge in [0.25, 0.3) is 11.8 Å². The van der Waals surface area contributed by atoms with Crippen molar-refractivity contribution in [2.75, 3.05) is 5.32 Å². The fourth-order valence-electron chi connectivity index (χ4n) is 1.40. The van der Waals surface area contributed by atoms with E-state index < -0.39 is 0 Å². The van der Waals surface area contributed by atoms with Gasteiger partial charge in [-0.05, 0) is 24.3 Å².